The molecule has 0 aromatic rings. The Bertz CT molecular complexity index is 584. The summed E-state index contributed by atoms with van der Waals surface area (Å²) in [5, 5.41) is -0.253. The van der Waals surface area contributed by atoms with Gasteiger partial charge in [0.05, 0.1) is 0 Å². The lowest BCUT2D eigenvalue weighted by atomic mass is 10.2. The Hall–Kier alpha value is -1.61. The Kier molecular flexibility index (Phi) is 3.03. The van der Waals surface area contributed by atoms with Crippen LogP contribution in [-0.2, 0) is 10.0 Å². The fourth-order valence-electron chi connectivity index (χ4n) is 1.47. The lowest BCUT2D eigenvalue weighted by molar-refractivity contribution is 0.533. The second kappa shape index (κ2) is 4.25. The smallest absolute Gasteiger partial charge is 0.278 e. The van der Waals surface area contributed by atoms with Crippen molar-refractivity contribution in [1.82, 2.24) is 9.21 Å². The number of fused-ring (bicyclic) bond motifs is 1. The summed E-state index contributed by atoms with van der Waals surface area (Å²) in [6.07, 6.45) is 1.37. The van der Waals surface area contributed by atoms with Crippen molar-refractivity contribution < 1.29 is 8.42 Å². The van der Waals surface area contributed by atoms with Crippen molar-refractivity contribution in [2.24, 2.45) is 20.0 Å². The van der Waals surface area contributed by atoms with Crippen molar-refractivity contribution in [3.8, 4) is 0 Å². The Morgan fingerprint density at radius 3 is 2.39 bits per heavy atom. The van der Waals surface area contributed by atoms with Gasteiger partial charge in [-0.25, -0.2) is 22.7 Å². The molecule has 2 heterocycles. The van der Waals surface area contributed by atoms with E-state index >= 15 is 0 Å². The molecule has 0 saturated heterocycles. The average Bonchev–Trinajstić information content (AvgIpc) is 2.74. The highest BCUT2D eigenvalue weighted by Gasteiger charge is 2.35. The number of likely N-dealkylation sites (N-methyl/N-ethyl adjacent to an activating group) is 1. The molecule has 18 heavy (non-hydrogen) atoms. The zero-order valence-electron chi connectivity index (χ0n) is 10.6. The molecule has 0 aromatic carbocycles. The quantitative estimate of drug-likeness (QED) is 0.613. The van der Waals surface area contributed by atoms with Crippen molar-refractivity contribution in [3.63, 3.8) is 0 Å². The van der Waals surface area contributed by atoms with E-state index in [9.17, 15) is 8.42 Å². The average molecular weight is 270 g/mol. The fraction of sp³-hybridized carbons (Fsp3) is 0.556. The Morgan fingerprint density at radius 1 is 1.17 bits per heavy atom. The highest BCUT2D eigenvalue weighted by molar-refractivity contribution is 8.04. The van der Waals surface area contributed by atoms with Gasteiger partial charge >= 0.3 is 0 Å². The van der Waals surface area contributed by atoms with E-state index in [2.05, 4.69) is 20.0 Å². The first-order valence-electron chi connectivity index (χ1n) is 5.20. The number of hydrogen-bond donors (Lipinski definition) is 0. The van der Waals surface area contributed by atoms with Gasteiger partial charge in [-0.15, -0.1) is 0 Å². The van der Waals surface area contributed by atoms with Gasteiger partial charge in [0.25, 0.3) is 15.2 Å². The highest BCUT2D eigenvalue weighted by Crippen LogP contribution is 2.16. The standard InChI is InChI=1S/C9H14N6O2S/c1-14(2)8-6-7(11-5-10-6)12-9(13-8)18(16,17)15(3)4/h5-6H,1-4H3. The predicted molar refractivity (Wildman–Crippen MR) is 70.9 cm³/mol. The largest absolute Gasteiger partial charge is 0.364 e. The summed E-state index contributed by atoms with van der Waals surface area (Å²) in [7, 11) is 2.74. The van der Waals surface area contributed by atoms with E-state index in [1.807, 2.05) is 0 Å². The van der Waals surface area contributed by atoms with Crippen LogP contribution in [0.3, 0.4) is 0 Å². The van der Waals surface area contributed by atoms with Gasteiger partial charge in [0, 0.05) is 28.2 Å². The van der Waals surface area contributed by atoms with Gasteiger partial charge in [-0.3, -0.25) is 4.99 Å². The molecule has 0 radical (unpaired) electrons. The molecular formula is C9H14N6O2S. The summed E-state index contributed by atoms with van der Waals surface area (Å²) < 4.78 is 25.1. The highest BCUT2D eigenvalue weighted by atomic mass is 32.2. The van der Waals surface area contributed by atoms with Crippen LogP contribution in [0.25, 0.3) is 0 Å². The van der Waals surface area contributed by atoms with E-state index in [1.165, 1.54) is 20.4 Å². The van der Waals surface area contributed by atoms with Crippen LogP contribution in [-0.4, -0.2) is 75.0 Å². The molecule has 0 amide bonds. The minimum atomic E-state index is -3.67. The predicted octanol–water partition coefficient (Wildman–Crippen LogP) is -0.983. The molecule has 0 aromatic heterocycles. The van der Waals surface area contributed by atoms with Crippen molar-refractivity contribution in [1.29, 1.82) is 0 Å². The fourth-order valence-corrected chi connectivity index (χ4v) is 2.22. The lowest BCUT2D eigenvalue weighted by Gasteiger charge is -2.23. The molecule has 0 fully saturated rings. The van der Waals surface area contributed by atoms with Crippen molar-refractivity contribution in [2.75, 3.05) is 28.2 Å². The van der Waals surface area contributed by atoms with Crippen LogP contribution < -0.4 is 0 Å². The molecule has 9 heteroatoms. The number of nitrogens with zero attached hydrogens (tertiary/aromatic N) is 6. The van der Waals surface area contributed by atoms with Crippen LogP contribution in [0.5, 0.6) is 0 Å². The third-order valence-corrected chi connectivity index (χ3v) is 4.09. The molecule has 2 aliphatic heterocycles. The molecule has 0 spiro atoms. The minimum absolute atomic E-state index is 0.253. The SMILES string of the molecule is CN(C)C1=NC(S(=O)(=O)N(C)C)=NC2=NC=NC21. The van der Waals surface area contributed by atoms with Crippen molar-refractivity contribution >= 4 is 33.2 Å². The second-order valence-electron chi connectivity index (χ2n) is 4.20. The minimum Gasteiger partial charge on any atom is -0.364 e. The number of aliphatic imine (C=N–C) groups is 4. The molecule has 8 nitrogen and oxygen atoms in total. The van der Waals surface area contributed by atoms with Gasteiger partial charge in [-0.05, 0) is 0 Å². The number of rotatable bonds is 1. The van der Waals surface area contributed by atoms with Crippen molar-refractivity contribution in [2.45, 2.75) is 6.04 Å². The molecule has 0 saturated carbocycles. The molecule has 2 aliphatic rings. The molecule has 1 unspecified atom stereocenters. The van der Waals surface area contributed by atoms with Crippen LogP contribution in [0.15, 0.2) is 20.0 Å². The first-order valence-corrected chi connectivity index (χ1v) is 6.64. The maximum Gasteiger partial charge on any atom is 0.278 e. The van der Waals surface area contributed by atoms with E-state index in [0.29, 0.717) is 11.7 Å². The Balaban J connectivity index is 2.52. The molecule has 0 N–H and O–H groups in total. The summed E-state index contributed by atoms with van der Waals surface area (Å²) in [6.45, 7) is 0. The molecular weight excluding hydrogens is 256 g/mol. The van der Waals surface area contributed by atoms with Crippen LogP contribution in [0.4, 0.5) is 0 Å². The van der Waals surface area contributed by atoms with E-state index in [0.717, 1.165) is 4.31 Å². The third kappa shape index (κ3) is 1.95. The summed E-state index contributed by atoms with van der Waals surface area (Å²) in [5.74, 6) is 0.868. The summed E-state index contributed by atoms with van der Waals surface area (Å²) in [5.41, 5.74) is 0. The van der Waals surface area contributed by atoms with Crippen molar-refractivity contribution in [3.05, 3.63) is 0 Å². The molecule has 1 atom stereocenters. The van der Waals surface area contributed by atoms with Gasteiger partial charge in [0.2, 0.25) is 0 Å². The van der Waals surface area contributed by atoms with Gasteiger partial charge in [-0.1, -0.05) is 0 Å². The van der Waals surface area contributed by atoms with Crippen LogP contribution in [0.2, 0.25) is 0 Å². The summed E-state index contributed by atoms with van der Waals surface area (Å²) in [4.78, 5) is 17.8. The number of hydrogen-bond acceptors (Lipinski definition) is 7. The summed E-state index contributed by atoms with van der Waals surface area (Å²) >= 11 is 0. The molecule has 0 bridgehead atoms. The molecule has 2 rings (SSSR count). The van der Waals surface area contributed by atoms with Gasteiger partial charge in [0.1, 0.15) is 12.2 Å². The van der Waals surface area contributed by atoms with E-state index in [4.69, 9.17) is 0 Å². The van der Waals surface area contributed by atoms with E-state index in [1.54, 1.807) is 19.0 Å². The second-order valence-corrected chi connectivity index (χ2v) is 6.25. The number of sulfonamides is 1. The maximum absolute atomic E-state index is 12.0. The zero-order chi connectivity index (χ0) is 13.5. The van der Waals surface area contributed by atoms with Crippen LogP contribution in [0.1, 0.15) is 0 Å². The third-order valence-electron chi connectivity index (χ3n) is 2.48. The summed E-state index contributed by atoms with van der Waals surface area (Å²) in [6, 6.07) is -0.402. The Morgan fingerprint density at radius 2 is 1.83 bits per heavy atom. The maximum atomic E-state index is 12.0. The topological polar surface area (TPSA) is 90.1 Å². The van der Waals surface area contributed by atoms with Crippen LogP contribution in [0, 0.1) is 0 Å². The van der Waals surface area contributed by atoms with Gasteiger partial charge in [-0.2, -0.15) is 4.99 Å². The molecule has 98 valence electrons. The molecule has 0 aliphatic carbocycles. The lowest BCUT2D eigenvalue weighted by Crippen LogP contribution is -2.42. The van der Waals surface area contributed by atoms with E-state index in [-0.39, 0.29) is 5.17 Å². The van der Waals surface area contributed by atoms with E-state index < -0.39 is 16.1 Å². The van der Waals surface area contributed by atoms with Gasteiger partial charge in [0.15, 0.2) is 11.9 Å². The zero-order valence-corrected chi connectivity index (χ0v) is 11.4. The number of amidine groups is 3. The van der Waals surface area contributed by atoms with Gasteiger partial charge < -0.3 is 4.90 Å². The first kappa shape index (κ1) is 12.8. The monoisotopic (exact) mass is 270 g/mol. The normalized spacial score (nSPS) is 22.5. The Labute approximate surface area is 106 Å². The van der Waals surface area contributed by atoms with Crippen LogP contribution >= 0.6 is 0 Å². The first-order chi connectivity index (χ1) is 8.34.